The number of ether oxygens (including phenoxy) is 10. The molecule has 0 aromatic rings. The van der Waals surface area contributed by atoms with Gasteiger partial charge in [-0.2, -0.15) is 0 Å². The predicted octanol–water partition coefficient (Wildman–Crippen LogP) is -6.06. The smallest absolute Gasteiger partial charge is 0.314 e. The van der Waals surface area contributed by atoms with Crippen molar-refractivity contribution in [1.29, 1.82) is 0 Å². The summed E-state index contributed by atoms with van der Waals surface area (Å²) in [7, 11) is 0. The Kier molecular flexibility index (Phi) is 21.8. The van der Waals surface area contributed by atoms with Gasteiger partial charge >= 0.3 is 5.97 Å². The molecule has 0 radical (unpaired) electrons. The molecule has 26 unspecified atom stereocenters. The minimum absolute atomic E-state index is 0.0768. The van der Waals surface area contributed by atoms with Crippen LogP contribution in [0.15, 0.2) is 12.2 Å². The lowest BCUT2D eigenvalue weighted by Gasteiger charge is -2.60. The molecule has 4 saturated heterocycles. The molecule has 3 saturated carbocycles. The first-order chi connectivity index (χ1) is 37.2. The van der Waals surface area contributed by atoms with Gasteiger partial charge in [-0.05, 0) is 101 Å². The number of fused-ring (bicyclic) bond motifs is 3. The highest BCUT2D eigenvalue weighted by molar-refractivity contribution is 5.77. The quantitative estimate of drug-likeness (QED) is 0.0325. The second-order valence-corrected chi connectivity index (χ2v) is 23.2. The molecule has 28 nitrogen and oxygen atoms in total. The van der Waals surface area contributed by atoms with Crippen molar-refractivity contribution in [3.8, 4) is 0 Å². The van der Waals surface area contributed by atoms with Crippen LogP contribution in [0.3, 0.4) is 0 Å². The fourth-order valence-electron chi connectivity index (χ4n) is 13.3. The van der Waals surface area contributed by atoms with E-state index in [4.69, 9.17) is 47.4 Å². The average Bonchev–Trinajstić information content (AvgIpc) is 3.62. The molecule has 0 bridgehead atoms. The average molecular weight is 1150 g/mol. The number of aliphatic hydroxyl groups excluding tert-OH is 16. The number of carbonyl (C=O) groups is 1. The Bertz CT molecular complexity index is 1970. The lowest BCUT2D eigenvalue weighted by Crippen LogP contribution is -2.67. The number of hydrogen-bond acceptors (Lipinski definition) is 28. The zero-order chi connectivity index (χ0) is 58.2. The van der Waals surface area contributed by atoms with Gasteiger partial charge in [0.2, 0.25) is 6.29 Å². The molecule has 17 N–H and O–H groups in total. The molecule has 7 fully saturated rings. The van der Waals surface area contributed by atoms with E-state index >= 15 is 0 Å². The van der Waals surface area contributed by atoms with Gasteiger partial charge in [-0.15, -0.1) is 0 Å². The van der Waals surface area contributed by atoms with Crippen LogP contribution >= 0.6 is 0 Å². The zero-order valence-electron chi connectivity index (χ0n) is 44.8. The SMILES string of the molecule is C=C1CCC2CCC3[C@](C)(C(=O)OC(OC(COC4OC(CO)C(O)C(O)C4O)C(C)O)C(O)O)CCC[C@@]3(C)[C@@H]2CCC1(C)OC1OC(CO)C(O)C(OC2OC(CO)C(O)C(O)C2O)C1OC1OC(CO)C(O)C(O)C1O. The fraction of sp³-hybridized carbons (Fsp3) is 0.941. The Labute approximate surface area is 456 Å². The van der Waals surface area contributed by atoms with Gasteiger partial charge in [0.15, 0.2) is 25.2 Å². The zero-order valence-corrected chi connectivity index (χ0v) is 44.8. The van der Waals surface area contributed by atoms with Crippen molar-refractivity contribution >= 4 is 5.97 Å². The molecule has 0 spiro atoms. The molecule has 0 aromatic heterocycles. The van der Waals surface area contributed by atoms with Crippen LogP contribution in [0.25, 0.3) is 0 Å². The molecule has 28 heteroatoms. The fourth-order valence-corrected chi connectivity index (χ4v) is 13.3. The highest BCUT2D eigenvalue weighted by Crippen LogP contribution is 2.64. The number of carbonyl (C=O) groups excluding carboxylic acids is 1. The van der Waals surface area contributed by atoms with E-state index in [9.17, 15) is 91.6 Å². The largest absolute Gasteiger partial charge is 0.430 e. The molecule has 7 rings (SSSR count). The van der Waals surface area contributed by atoms with E-state index in [1.807, 2.05) is 0 Å². The Morgan fingerprint density at radius 1 is 0.608 bits per heavy atom. The minimum atomic E-state index is -2.41. The van der Waals surface area contributed by atoms with Crippen LogP contribution in [-0.2, 0) is 52.2 Å². The molecule has 29 atom stereocenters. The summed E-state index contributed by atoms with van der Waals surface area (Å²) in [4.78, 5) is 14.6. The van der Waals surface area contributed by atoms with Crippen LogP contribution < -0.4 is 0 Å². The first-order valence-corrected chi connectivity index (χ1v) is 27.2. The third-order valence-electron chi connectivity index (χ3n) is 18.2. The lowest BCUT2D eigenvalue weighted by atomic mass is 9.44. The van der Waals surface area contributed by atoms with Crippen molar-refractivity contribution in [2.75, 3.05) is 33.0 Å². The van der Waals surface area contributed by atoms with Crippen LogP contribution in [0.1, 0.15) is 85.5 Å². The van der Waals surface area contributed by atoms with E-state index < -0.39 is 203 Å². The second kappa shape index (κ2) is 26.6. The van der Waals surface area contributed by atoms with E-state index in [-0.39, 0.29) is 24.2 Å². The van der Waals surface area contributed by atoms with Gasteiger partial charge in [-0.1, -0.05) is 19.9 Å². The molecule has 0 amide bonds. The maximum absolute atomic E-state index is 14.6. The highest BCUT2D eigenvalue weighted by atomic mass is 16.8. The number of esters is 1. The first-order valence-electron chi connectivity index (χ1n) is 27.2. The summed E-state index contributed by atoms with van der Waals surface area (Å²) in [5, 5.41) is 179. The maximum atomic E-state index is 14.6. The Morgan fingerprint density at radius 3 is 1.62 bits per heavy atom. The van der Waals surface area contributed by atoms with Gasteiger partial charge in [0, 0.05) is 0 Å². The van der Waals surface area contributed by atoms with Crippen molar-refractivity contribution in [3.05, 3.63) is 12.2 Å². The van der Waals surface area contributed by atoms with Crippen molar-refractivity contribution < 1.29 is 139 Å². The third-order valence-corrected chi connectivity index (χ3v) is 18.2. The van der Waals surface area contributed by atoms with Crippen molar-refractivity contribution in [1.82, 2.24) is 0 Å². The molecular formula is C51H86O28. The summed E-state index contributed by atoms with van der Waals surface area (Å²) in [6.45, 7) is 7.45. The molecule has 458 valence electrons. The Morgan fingerprint density at radius 2 is 1.10 bits per heavy atom. The summed E-state index contributed by atoms with van der Waals surface area (Å²) >= 11 is 0. The standard InChI is InChI=1S/C51H86O28/c1-20-7-8-22-9-10-29-49(3,12-6-13-50(29,4)48(69)78-47(42(67)68)75-28(21(2)56)19-70-43-37(64)34(61)30(57)24(15-52)71-43)23(22)11-14-51(20,5)79-46-41(77-45-39(66)36(63)32(59)26(17-54)73-45)40(33(60)27(18-55)74-46)76-44-38(65)35(62)31(58)25(16-53)72-44/h21-47,52-68H,1,6-19H2,2-5H3/t21?,22?,23-,24?,25?,26?,27?,28?,29?,30?,31?,32?,33?,34?,35?,36?,37?,38?,39?,40?,41?,43?,44?,45?,46?,47?,49+,50-,51?/m1/s1. The number of rotatable bonds is 19. The monoisotopic (exact) mass is 1150 g/mol. The van der Waals surface area contributed by atoms with Gasteiger partial charge in [0.05, 0.1) is 50.2 Å². The summed E-state index contributed by atoms with van der Waals surface area (Å²) < 4.78 is 59.2. The highest BCUT2D eigenvalue weighted by Gasteiger charge is 2.61. The first kappa shape index (κ1) is 64.7. The molecule has 0 aromatic carbocycles. The van der Waals surface area contributed by atoms with Crippen molar-refractivity contribution in [2.45, 2.75) is 239 Å². The van der Waals surface area contributed by atoms with Crippen LogP contribution in [0.5, 0.6) is 0 Å². The summed E-state index contributed by atoms with van der Waals surface area (Å²) in [5.74, 6) is -1.08. The second-order valence-electron chi connectivity index (χ2n) is 23.2. The maximum Gasteiger partial charge on any atom is 0.314 e. The Hall–Kier alpha value is -1.83. The van der Waals surface area contributed by atoms with Crippen molar-refractivity contribution in [2.24, 2.45) is 28.6 Å². The molecule has 7 aliphatic rings. The van der Waals surface area contributed by atoms with Crippen LogP contribution in [-0.4, -0.2) is 279 Å². The number of aliphatic hydroxyl groups is 17. The van der Waals surface area contributed by atoms with Crippen LogP contribution in [0, 0.1) is 28.6 Å². The topological polar surface area (TPSA) is 453 Å². The minimum Gasteiger partial charge on any atom is -0.430 e. The van der Waals surface area contributed by atoms with Gasteiger partial charge in [-0.25, -0.2) is 0 Å². The van der Waals surface area contributed by atoms with Gasteiger partial charge in [-0.3, -0.25) is 4.79 Å². The lowest BCUT2D eigenvalue weighted by molar-refractivity contribution is -0.398. The molecule has 3 aliphatic carbocycles. The van der Waals surface area contributed by atoms with Gasteiger partial charge in [0.1, 0.15) is 104 Å². The van der Waals surface area contributed by atoms with Gasteiger partial charge in [0.25, 0.3) is 6.29 Å². The van der Waals surface area contributed by atoms with E-state index in [1.54, 1.807) is 13.8 Å². The number of hydrogen-bond donors (Lipinski definition) is 17. The van der Waals surface area contributed by atoms with E-state index in [1.165, 1.54) is 6.92 Å². The molecule has 4 aliphatic heterocycles. The Balaban J connectivity index is 1.11. The third kappa shape index (κ3) is 13.2. The summed E-state index contributed by atoms with van der Waals surface area (Å²) in [6, 6.07) is 0. The molecule has 4 heterocycles. The van der Waals surface area contributed by atoms with E-state index in [0.29, 0.717) is 56.9 Å². The van der Waals surface area contributed by atoms with E-state index in [2.05, 4.69) is 13.5 Å². The molecule has 79 heavy (non-hydrogen) atoms. The van der Waals surface area contributed by atoms with E-state index in [0.717, 1.165) is 0 Å². The summed E-state index contributed by atoms with van der Waals surface area (Å²) in [5.41, 5.74) is -2.49. The molecular weight excluding hydrogens is 1060 g/mol. The van der Waals surface area contributed by atoms with Crippen LogP contribution in [0.2, 0.25) is 0 Å². The summed E-state index contributed by atoms with van der Waals surface area (Å²) in [6.07, 6.45) is -37.6. The van der Waals surface area contributed by atoms with Gasteiger partial charge < -0.3 is 134 Å². The predicted molar refractivity (Wildman–Crippen MR) is 260 cm³/mol. The van der Waals surface area contributed by atoms with Crippen LogP contribution in [0.4, 0.5) is 0 Å². The normalized spacial score (nSPS) is 48.2. The van der Waals surface area contributed by atoms with Crippen molar-refractivity contribution in [3.63, 3.8) is 0 Å².